The molecule has 2 aromatic carbocycles. The SMILES string of the molecule is Cc1ccc(CN2CC34C=CC(O3)C(C(=O)NCCc3ccc(Cl)cc3)C4C2=O)cc1. The molecule has 1 spiro atoms. The molecule has 6 heteroatoms. The number of halogens is 1. The van der Waals surface area contributed by atoms with E-state index in [2.05, 4.69) is 5.32 Å². The number of rotatable bonds is 6. The van der Waals surface area contributed by atoms with Crippen molar-refractivity contribution >= 4 is 23.4 Å². The van der Waals surface area contributed by atoms with Crippen LogP contribution in [0.4, 0.5) is 0 Å². The van der Waals surface area contributed by atoms with Gasteiger partial charge in [0.25, 0.3) is 0 Å². The molecule has 2 aromatic rings. The van der Waals surface area contributed by atoms with Crippen LogP contribution >= 0.6 is 11.6 Å². The van der Waals surface area contributed by atoms with Crippen molar-refractivity contribution in [2.24, 2.45) is 11.8 Å². The molecule has 2 bridgehead atoms. The molecule has 0 aromatic heterocycles. The molecule has 160 valence electrons. The summed E-state index contributed by atoms with van der Waals surface area (Å²) in [7, 11) is 0. The second-order valence-electron chi connectivity index (χ2n) is 8.75. The van der Waals surface area contributed by atoms with Gasteiger partial charge in [0, 0.05) is 18.1 Å². The number of aryl methyl sites for hydroxylation is 1. The maximum atomic E-state index is 13.3. The van der Waals surface area contributed by atoms with E-state index in [1.807, 2.05) is 72.5 Å². The molecule has 0 saturated carbocycles. The van der Waals surface area contributed by atoms with Gasteiger partial charge in [0.15, 0.2) is 0 Å². The quantitative estimate of drug-likeness (QED) is 0.707. The first-order chi connectivity index (χ1) is 14.9. The van der Waals surface area contributed by atoms with Crippen molar-refractivity contribution in [1.29, 1.82) is 0 Å². The maximum Gasteiger partial charge on any atom is 0.230 e. The molecule has 2 amide bonds. The Morgan fingerprint density at radius 3 is 2.61 bits per heavy atom. The summed E-state index contributed by atoms with van der Waals surface area (Å²) in [4.78, 5) is 28.2. The van der Waals surface area contributed by atoms with Crippen LogP contribution in [-0.4, -0.2) is 41.5 Å². The van der Waals surface area contributed by atoms with Crippen molar-refractivity contribution < 1.29 is 14.3 Å². The monoisotopic (exact) mass is 436 g/mol. The third kappa shape index (κ3) is 3.66. The first-order valence-corrected chi connectivity index (χ1v) is 11.1. The van der Waals surface area contributed by atoms with Gasteiger partial charge < -0.3 is 15.0 Å². The highest BCUT2D eigenvalue weighted by molar-refractivity contribution is 6.30. The normalized spacial score (nSPS) is 28.3. The standard InChI is InChI=1S/C25H25ClN2O3/c1-16-2-4-18(5-3-16)14-28-15-25-12-10-20(31-25)21(22(25)24(28)30)23(29)27-13-11-17-6-8-19(26)9-7-17/h2-10,12,20-22H,11,13-15H2,1H3,(H,27,29). The van der Waals surface area contributed by atoms with Crippen molar-refractivity contribution in [3.8, 4) is 0 Å². The fourth-order valence-electron chi connectivity index (χ4n) is 5.02. The van der Waals surface area contributed by atoms with Crippen molar-refractivity contribution in [2.75, 3.05) is 13.1 Å². The maximum absolute atomic E-state index is 13.3. The van der Waals surface area contributed by atoms with Gasteiger partial charge in [0.1, 0.15) is 5.60 Å². The molecule has 1 N–H and O–H groups in total. The number of benzene rings is 2. The molecule has 2 fully saturated rings. The van der Waals surface area contributed by atoms with Gasteiger partial charge in [-0.05, 0) is 36.6 Å². The van der Waals surface area contributed by atoms with E-state index in [0.717, 1.165) is 11.1 Å². The lowest BCUT2D eigenvalue weighted by molar-refractivity contribution is -0.137. The molecule has 4 unspecified atom stereocenters. The van der Waals surface area contributed by atoms with Crippen molar-refractivity contribution in [3.05, 3.63) is 82.4 Å². The van der Waals surface area contributed by atoms with Crippen LogP contribution in [0.15, 0.2) is 60.7 Å². The van der Waals surface area contributed by atoms with Crippen molar-refractivity contribution in [3.63, 3.8) is 0 Å². The van der Waals surface area contributed by atoms with E-state index in [-0.39, 0.29) is 17.9 Å². The second kappa shape index (κ2) is 7.81. The number of carbonyl (C=O) groups is 2. The number of amides is 2. The third-order valence-corrected chi connectivity index (χ3v) is 6.85. The topological polar surface area (TPSA) is 58.6 Å². The van der Waals surface area contributed by atoms with E-state index in [4.69, 9.17) is 16.3 Å². The van der Waals surface area contributed by atoms with Gasteiger partial charge in [-0.2, -0.15) is 0 Å². The molecule has 4 atom stereocenters. The zero-order valence-corrected chi connectivity index (χ0v) is 18.1. The molecule has 5 rings (SSSR count). The van der Waals surface area contributed by atoms with Gasteiger partial charge in [0.05, 0.1) is 24.5 Å². The summed E-state index contributed by atoms with van der Waals surface area (Å²) in [5.74, 6) is -1.04. The molecule has 5 nitrogen and oxygen atoms in total. The van der Waals surface area contributed by atoms with Crippen LogP contribution in [-0.2, 0) is 27.3 Å². The third-order valence-electron chi connectivity index (χ3n) is 6.60. The fraction of sp³-hybridized carbons (Fsp3) is 0.360. The Labute approximate surface area is 187 Å². The van der Waals surface area contributed by atoms with Crippen LogP contribution in [0.25, 0.3) is 0 Å². The summed E-state index contributed by atoms with van der Waals surface area (Å²) in [6.45, 7) is 3.58. The highest BCUT2D eigenvalue weighted by Gasteiger charge is 2.66. The van der Waals surface area contributed by atoms with Gasteiger partial charge in [-0.1, -0.05) is 65.7 Å². The largest absolute Gasteiger partial charge is 0.360 e. The van der Waals surface area contributed by atoms with Gasteiger partial charge >= 0.3 is 0 Å². The zero-order valence-electron chi connectivity index (χ0n) is 17.4. The summed E-state index contributed by atoms with van der Waals surface area (Å²) in [5.41, 5.74) is 2.70. The first kappa shape index (κ1) is 20.3. The lowest BCUT2D eigenvalue weighted by Gasteiger charge is -2.23. The Kier molecular flexibility index (Phi) is 5.11. The summed E-state index contributed by atoms with van der Waals surface area (Å²) in [6.07, 6.45) is 4.32. The summed E-state index contributed by atoms with van der Waals surface area (Å²) < 4.78 is 6.20. The van der Waals surface area contributed by atoms with Gasteiger partial charge in [-0.3, -0.25) is 9.59 Å². The number of nitrogens with one attached hydrogen (secondary N) is 1. The van der Waals surface area contributed by atoms with Gasteiger partial charge in [-0.15, -0.1) is 0 Å². The molecule has 2 saturated heterocycles. The zero-order chi connectivity index (χ0) is 21.6. The number of hydrogen-bond acceptors (Lipinski definition) is 3. The van der Waals surface area contributed by atoms with Crippen LogP contribution in [0.3, 0.4) is 0 Å². The number of carbonyl (C=O) groups excluding carboxylic acids is 2. The summed E-state index contributed by atoms with van der Waals surface area (Å²) in [6, 6.07) is 15.8. The van der Waals surface area contributed by atoms with E-state index in [0.29, 0.717) is 31.1 Å². The number of fused-ring (bicyclic) bond motifs is 1. The predicted molar refractivity (Wildman–Crippen MR) is 118 cm³/mol. The van der Waals surface area contributed by atoms with Crippen molar-refractivity contribution in [2.45, 2.75) is 31.6 Å². The van der Waals surface area contributed by atoms with Crippen LogP contribution in [0.1, 0.15) is 16.7 Å². The fourth-order valence-corrected chi connectivity index (χ4v) is 5.15. The Balaban J connectivity index is 1.26. The summed E-state index contributed by atoms with van der Waals surface area (Å²) in [5, 5.41) is 3.71. The molecule has 0 aliphatic carbocycles. The Bertz CT molecular complexity index is 1030. The van der Waals surface area contributed by atoms with Crippen LogP contribution in [0, 0.1) is 18.8 Å². The average Bonchev–Trinajstić information content (AvgIpc) is 3.39. The van der Waals surface area contributed by atoms with Crippen LogP contribution in [0.5, 0.6) is 0 Å². The Hall–Kier alpha value is -2.63. The van der Waals surface area contributed by atoms with Crippen molar-refractivity contribution in [1.82, 2.24) is 10.2 Å². The van der Waals surface area contributed by atoms with E-state index < -0.39 is 17.4 Å². The number of hydrogen-bond donors (Lipinski definition) is 1. The smallest absolute Gasteiger partial charge is 0.230 e. The van der Waals surface area contributed by atoms with Crippen LogP contribution in [0.2, 0.25) is 5.02 Å². The number of nitrogens with zero attached hydrogens (tertiary/aromatic N) is 1. The molecule has 3 aliphatic rings. The average molecular weight is 437 g/mol. The highest BCUT2D eigenvalue weighted by Crippen LogP contribution is 2.52. The predicted octanol–water partition coefficient (Wildman–Crippen LogP) is 3.29. The molecule has 3 heterocycles. The molecule has 31 heavy (non-hydrogen) atoms. The van der Waals surface area contributed by atoms with Crippen LogP contribution < -0.4 is 5.32 Å². The lowest BCUT2D eigenvalue weighted by atomic mass is 9.77. The minimum atomic E-state index is -0.676. The Morgan fingerprint density at radius 1 is 1.16 bits per heavy atom. The number of ether oxygens (including phenoxy) is 1. The minimum absolute atomic E-state index is 0.00489. The number of likely N-dealkylation sites (tertiary alicyclic amines) is 1. The highest BCUT2D eigenvalue weighted by atomic mass is 35.5. The molecular formula is C25H25ClN2O3. The van der Waals surface area contributed by atoms with E-state index >= 15 is 0 Å². The second-order valence-corrected chi connectivity index (χ2v) is 9.18. The first-order valence-electron chi connectivity index (χ1n) is 10.7. The molecule has 3 aliphatic heterocycles. The summed E-state index contributed by atoms with van der Waals surface area (Å²) >= 11 is 5.93. The minimum Gasteiger partial charge on any atom is -0.360 e. The molecular weight excluding hydrogens is 412 g/mol. The van der Waals surface area contributed by atoms with E-state index in [1.165, 1.54) is 5.56 Å². The van der Waals surface area contributed by atoms with E-state index in [9.17, 15) is 9.59 Å². The van der Waals surface area contributed by atoms with E-state index in [1.54, 1.807) is 0 Å². The molecule has 0 radical (unpaired) electrons. The Morgan fingerprint density at radius 2 is 1.87 bits per heavy atom. The van der Waals surface area contributed by atoms with Gasteiger partial charge in [0.2, 0.25) is 11.8 Å². The lowest BCUT2D eigenvalue weighted by Crippen LogP contribution is -2.44. The van der Waals surface area contributed by atoms with Gasteiger partial charge in [-0.25, -0.2) is 0 Å².